The first-order chi connectivity index (χ1) is 9.61. The second kappa shape index (κ2) is 5.34. The van der Waals surface area contributed by atoms with E-state index in [1.807, 2.05) is 25.5 Å². The van der Waals surface area contributed by atoms with Gasteiger partial charge >= 0.3 is 0 Å². The quantitative estimate of drug-likeness (QED) is 0.845. The molecule has 1 N–H and O–H groups in total. The molecule has 1 aliphatic rings. The number of H-pyrrole nitrogens is 1. The van der Waals surface area contributed by atoms with Gasteiger partial charge in [0.2, 0.25) is 5.95 Å². The van der Waals surface area contributed by atoms with Gasteiger partial charge in [-0.2, -0.15) is 5.10 Å². The number of aromatic amines is 1. The maximum absolute atomic E-state index is 5.29. The lowest BCUT2D eigenvalue weighted by molar-refractivity contribution is 0.311. The molecule has 20 heavy (non-hydrogen) atoms. The molecule has 106 valence electrons. The minimum Gasteiger partial charge on any atom is -0.340 e. The molecule has 0 unspecified atom stereocenters. The van der Waals surface area contributed by atoms with Crippen LogP contribution in [0.2, 0.25) is 0 Å². The average Bonchev–Trinajstić information content (AvgIpc) is 2.85. The van der Waals surface area contributed by atoms with Gasteiger partial charge in [0, 0.05) is 45.0 Å². The first kappa shape index (κ1) is 13.3. The largest absolute Gasteiger partial charge is 0.340 e. The van der Waals surface area contributed by atoms with Crippen LogP contribution in [0.25, 0.3) is 11.3 Å². The highest BCUT2D eigenvalue weighted by Crippen LogP contribution is 2.19. The molecule has 0 atom stereocenters. The predicted molar refractivity (Wildman–Crippen MR) is 81.3 cm³/mol. The van der Waals surface area contributed by atoms with Crippen molar-refractivity contribution in [3.05, 3.63) is 23.1 Å². The number of piperazine rings is 1. The van der Waals surface area contributed by atoms with Gasteiger partial charge in [0.15, 0.2) is 0 Å². The zero-order chi connectivity index (χ0) is 14.1. The molecule has 6 nitrogen and oxygen atoms in total. The summed E-state index contributed by atoms with van der Waals surface area (Å²) in [5.41, 5.74) is 1.99. The Balaban J connectivity index is 1.93. The third kappa shape index (κ3) is 2.73. The van der Waals surface area contributed by atoms with Crippen LogP contribution in [-0.4, -0.2) is 57.9 Å². The molecule has 0 amide bonds. The Morgan fingerprint density at radius 2 is 1.95 bits per heavy atom. The molecule has 0 saturated carbocycles. The van der Waals surface area contributed by atoms with Gasteiger partial charge in [0.1, 0.15) is 4.64 Å². The molecule has 0 radical (unpaired) electrons. The summed E-state index contributed by atoms with van der Waals surface area (Å²) in [6.07, 6.45) is 3.79. The van der Waals surface area contributed by atoms with Crippen LogP contribution in [0.1, 0.15) is 0 Å². The molecule has 0 aromatic carbocycles. The molecule has 3 rings (SSSR count). The summed E-state index contributed by atoms with van der Waals surface area (Å²) >= 11 is 5.29. The van der Waals surface area contributed by atoms with Crippen LogP contribution in [0.4, 0.5) is 5.95 Å². The van der Waals surface area contributed by atoms with Crippen LogP contribution in [0.5, 0.6) is 0 Å². The van der Waals surface area contributed by atoms with Crippen molar-refractivity contribution in [1.29, 1.82) is 0 Å². The smallest absolute Gasteiger partial charge is 0.204 e. The molecule has 0 aliphatic carbocycles. The van der Waals surface area contributed by atoms with Crippen LogP contribution < -0.4 is 4.90 Å². The summed E-state index contributed by atoms with van der Waals surface area (Å²) in [7, 11) is 4.04. The number of likely N-dealkylation sites (N-methyl/N-ethyl adjacent to an activating group) is 1. The van der Waals surface area contributed by atoms with E-state index in [4.69, 9.17) is 12.2 Å². The number of hydrogen-bond acceptors (Lipinski definition) is 5. The van der Waals surface area contributed by atoms with E-state index in [9.17, 15) is 0 Å². The van der Waals surface area contributed by atoms with Crippen LogP contribution in [0.3, 0.4) is 0 Å². The van der Waals surface area contributed by atoms with Gasteiger partial charge in [-0.3, -0.25) is 4.68 Å². The second-order valence-electron chi connectivity index (χ2n) is 5.15. The molecule has 1 fully saturated rings. The van der Waals surface area contributed by atoms with Crippen LogP contribution in [0.15, 0.2) is 18.5 Å². The lowest BCUT2D eigenvalue weighted by Crippen LogP contribution is -2.45. The molecular formula is C13H18N6S. The highest BCUT2D eigenvalue weighted by Gasteiger charge is 2.16. The maximum atomic E-state index is 5.29. The number of aryl methyl sites for hydroxylation is 1. The molecule has 3 heterocycles. The number of nitrogens with one attached hydrogen (secondary N) is 1. The molecule has 0 spiro atoms. The Kier molecular flexibility index (Phi) is 3.54. The van der Waals surface area contributed by atoms with Crippen molar-refractivity contribution in [1.82, 2.24) is 24.6 Å². The van der Waals surface area contributed by atoms with Crippen molar-refractivity contribution < 1.29 is 0 Å². The van der Waals surface area contributed by atoms with Crippen LogP contribution >= 0.6 is 12.2 Å². The fourth-order valence-corrected chi connectivity index (χ4v) is 2.53. The summed E-state index contributed by atoms with van der Waals surface area (Å²) < 4.78 is 2.39. The Morgan fingerprint density at radius 3 is 2.60 bits per heavy atom. The van der Waals surface area contributed by atoms with Gasteiger partial charge in [-0.1, -0.05) is 12.2 Å². The van der Waals surface area contributed by atoms with Gasteiger partial charge < -0.3 is 14.8 Å². The van der Waals surface area contributed by atoms with Crippen molar-refractivity contribution in [2.75, 3.05) is 38.1 Å². The molecule has 2 aromatic heterocycles. The molecule has 0 bridgehead atoms. The Hall–Kier alpha value is -1.73. The lowest BCUT2D eigenvalue weighted by atomic mass is 10.2. The van der Waals surface area contributed by atoms with E-state index >= 15 is 0 Å². The van der Waals surface area contributed by atoms with Gasteiger partial charge in [0.25, 0.3) is 0 Å². The molecular weight excluding hydrogens is 272 g/mol. The fraction of sp³-hybridized carbons (Fsp3) is 0.462. The summed E-state index contributed by atoms with van der Waals surface area (Å²) in [4.78, 5) is 12.4. The zero-order valence-electron chi connectivity index (χ0n) is 11.7. The summed E-state index contributed by atoms with van der Waals surface area (Å²) in [5, 5.41) is 4.20. The third-order valence-corrected chi connectivity index (χ3v) is 3.76. The van der Waals surface area contributed by atoms with Crippen molar-refractivity contribution in [3.63, 3.8) is 0 Å². The van der Waals surface area contributed by atoms with Gasteiger partial charge in [-0.15, -0.1) is 0 Å². The highest BCUT2D eigenvalue weighted by molar-refractivity contribution is 7.71. The van der Waals surface area contributed by atoms with E-state index in [0.717, 1.165) is 43.4 Å². The van der Waals surface area contributed by atoms with Crippen molar-refractivity contribution in [2.24, 2.45) is 7.05 Å². The summed E-state index contributed by atoms with van der Waals surface area (Å²) in [6.45, 7) is 4.01. The zero-order valence-corrected chi connectivity index (χ0v) is 12.5. The van der Waals surface area contributed by atoms with E-state index in [1.165, 1.54) is 0 Å². The highest BCUT2D eigenvalue weighted by atomic mass is 32.1. The van der Waals surface area contributed by atoms with Crippen molar-refractivity contribution in [3.8, 4) is 11.3 Å². The van der Waals surface area contributed by atoms with Crippen molar-refractivity contribution in [2.45, 2.75) is 0 Å². The SMILES string of the molecule is CN1CCN(c2nc(=S)cc(-c3cnn(C)c3)[nH]2)CC1. The minimum absolute atomic E-state index is 0.608. The molecule has 1 aliphatic heterocycles. The Bertz CT molecular complexity index is 653. The molecule has 7 heteroatoms. The number of nitrogens with zero attached hydrogens (tertiary/aromatic N) is 5. The van der Waals surface area contributed by atoms with E-state index < -0.39 is 0 Å². The minimum atomic E-state index is 0.608. The normalized spacial score (nSPS) is 16.6. The maximum Gasteiger partial charge on any atom is 0.204 e. The van der Waals surface area contributed by atoms with E-state index in [0.29, 0.717) is 4.64 Å². The number of anilines is 1. The fourth-order valence-electron chi connectivity index (χ4n) is 2.33. The predicted octanol–water partition coefficient (Wildman–Crippen LogP) is 1.29. The first-order valence-corrected chi connectivity index (χ1v) is 7.06. The van der Waals surface area contributed by atoms with Crippen molar-refractivity contribution >= 4 is 18.2 Å². The van der Waals surface area contributed by atoms with Crippen LogP contribution in [0, 0.1) is 4.64 Å². The average molecular weight is 290 g/mol. The lowest BCUT2D eigenvalue weighted by Gasteiger charge is -2.32. The van der Waals surface area contributed by atoms with E-state index in [-0.39, 0.29) is 0 Å². The van der Waals surface area contributed by atoms with Gasteiger partial charge in [-0.25, -0.2) is 4.98 Å². The second-order valence-corrected chi connectivity index (χ2v) is 5.57. The topological polar surface area (TPSA) is 53.0 Å². The number of aromatic nitrogens is 4. The van der Waals surface area contributed by atoms with Gasteiger partial charge in [-0.05, 0) is 13.1 Å². The Morgan fingerprint density at radius 1 is 1.20 bits per heavy atom. The van der Waals surface area contributed by atoms with E-state index in [2.05, 4.69) is 31.9 Å². The number of rotatable bonds is 2. The number of hydrogen-bond donors (Lipinski definition) is 1. The summed E-state index contributed by atoms with van der Waals surface area (Å²) in [5.74, 6) is 0.851. The molecule has 2 aromatic rings. The summed E-state index contributed by atoms with van der Waals surface area (Å²) in [6, 6.07) is 1.88. The standard InChI is InChI=1S/C13H18N6S/c1-17-3-5-19(6-4-17)13-15-11(7-12(20)16-13)10-8-14-18(2)9-10/h7-9H,3-6H2,1-2H3,(H,15,16,20). The monoisotopic (exact) mass is 290 g/mol. The van der Waals surface area contributed by atoms with E-state index in [1.54, 1.807) is 4.68 Å². The van der Waals surface area contributed by atoms with Crippen LogP contribution in [-0.2, 0) is 7.05 Å². The van der Waals surface area contributed by atoms with Gasteiger partial charge in [0.05, 0.1) is 11.9 Å². The molecule has 1 saturated heterocycles. The third-order valence-electron chi connectivity index (χ3n) is 3.55. The first-order valence-electron chi connectivity index (χ1n) is 6.66. The Labute approximate surface area is 123 Å².